The zero-order valence-electron chi connectivity index (χ0n) is 23.0. The van der Waals surface area contributed by atoms with Gasteiger partial charge in [-0.2, -0.15) is 0 Å². The van der Waals surface area contributed by atoms with Gasteiger partial charge in [0.15, 0.2) is 0 Å². The van der Waals surface area contributed by atoms with Gasteiger partial charge in [-0.15, -0.1) is 5.10 Å². The Bertz CT molecular complexity index is 1650. The van der Waals surface area contributed by atoms with Gasteiger partial charge in [0.05, 0.1) is 25.4 Å². The number of anilines is 1. The summed E-state index contributed by atoms with van der Waals surface area (Å²) in [6.45, 7) is 2.00. The highest BCUT2D eigenvalue weighted by Gasteiger charge is 2.33. The van der Waals surface area contributed by atoms with Gasteiger partial charge in [-0.3, -0.25) is 14.6 Å². The van der Waals surface area contributed by atoms with Crippen molar-refractivity contribution in [3.8, 4) is 11.5 Å². The molecule has 3 aromatic carbocycles. The van der Waals surface area contributed by atoms with Crippen LogP contribution in [-0.2, 0) is 22.7 Å². The molecule has 0 bridgehead atoms. The quantitative estimate of drug-likeness (QED) is 0.271. The van der Waals surface area contributed by atoms with Crippen LogP contribution in [0, 0.1) is 6.92 Å². The highest BCUT2D eigenvalue weighted by Crippen LogP contribution is 2.32. The highest BCUT2D eigenvalue weighted by molar-refractivity contribution is 5.99. The molecule has 208 valence electrons. The highest BCUT2D eigenvalue weighted by atomic mass is 16.5. The summed E-state index contributed by atoms with van der Waals surface area (Å²) in [5.41, 5.74) is 4.31. The lowest BCUT2D eigenvalue weighted by Crippen LogP contribution is -2.42. The molecule has 10 heteroatoms. The number of nitrogens with zero attached hydrogens (tertiary/aromatic N) is 5. The Balaban J connectivity index is 1.55. The zero-order valence-corrected chi connectivity index (χ0v) is 23.0. The number of methoxy groups -OCH3 is 2. The van der Waals surface area contributed by atoms with Gasteiger partial charge in [0.25, 0.3) is 5.91 Å². The molecule has 2 heterocycles. The average Bonchev–Trinajstić information content (AvgIpc) is 3.41. The molecule has 0 unspecified atom stereocenters. The van der Waals surface area contributed by atoms with E-state index in [1.807, 2.05) is 61.5 Å². The molecule has 0 aliphatic heterocycles. The number of para-hydroxylation sites is 1. The van der Waals surface area contributed by atoms with Gasteiger partial charge in [0.2, 0.25) is 5.91 Å². The van der Waals surface area contributed by atoms with Crippen LogP contribution in [0.15, 0.2) is 91.3 Å². The van der Waals surface area contributed by atoms with Crippen molar-refractivity contribution in [2.75, 3.05) is 19.5 Å². The average molecular weight is 551 g/mol. The molecule has 0 aliphatic carbocycles. The number of rotatable bonds is 10. The summed E-state index contributed by atoms with van der Waals surface area (Å²) in [4.78, 5) is 34.0. The van der Waals surface area contributed by atoms with Crippen LogP contribution < -0.4 is 14.8 Å². The molecule has 2 aromatic heterocycles. The van der Waals surface area contributed by atoms with E-state index < -0.39 is 11.9 Å². The fourth-order valence-corrected chi connectivity index (χ4v) is 4.59. The lowest BCUT2D eigenvalue weighted by molar-refractivity contribution is -0.140. The standard InChI is InChI=1S/C31H30N6O4/c1-21-10-12-23(13-11-21)30(31(39)33-26-15-14-24(40-2)17-28(26)41-3)36(19-22-7-6-16-32-18-22)29(38)20-37-27-9-5-4-8-25(27)34-35-37/h4-18,30H,19-20H2,1-3H3,(H,33,39)/t30-/m0/s1. The molecule has 0 saturated heterocycles. The Labute approximate surface area is 237 Å². The van der Waals surface area contributed by atoms with Gasteiger partial charge in [0.1, 0.15) is 29.6 Å². The summed E-state index contributed by atoms with van der Waals surface area (Å²) in [6, 6.07) is 22.8. The van der Waals surface area contributed by atoms with Crippen LogP contribution in [0.25, 0.3) is 11.0 Å². The first-order valence-corrected chi connectivity index (χ1v) is 13.0. The molecule has 1 N–H and O–H groups in total. The molecule has 0 saturated carbocycles. The van der Waals surface area contributed by atoms with Crippen LogP contribution >= 0.6 is 0 Å². The van der Waals surface area contributed by atoms with Crippen LogP contribution in [0.4, 0.5) is 5.69 Å². The number of pyridine rings is 1. The number of hydrogen-bond donors (Lipinski definition) is 1. The largest absolute Gasteiger partial charge is 0.497 e. The molecule has 5 rings (SSSR count). The molecule has 0 spiro atoms. The smallest absolute Gasteiger partial charge is 0.251 e. The summed E-state index contributed by atoms with van der Waals surface area (Å²) in [7, 11) is 3.07. The molecule has 41 heavy (non-hydrogen) atoms. The zero-order chi connectivity index (χ0) is 28.8. The second-order valence-electron chi connectivity index (χ2n) is 9.49. The van der Waals surface area contributed by atoms with Crippen molar-refractivity contribution in [2.45, 2.75) is 26.1 Å². The third-order valence-corrected chi connectivity index (χ3v) is 6.72. The van der Waals surface area contributed by atoms with Crippen molar-refractivity contribution >= 4 is 28.5 Å². The molecular weight excluding hydrogens is 520 g/mol. The van der Waals surface area contributed by atoms with Gasteiger partial charge in [-0.25, -0.2) is 4.68 Å². The summed E-state index contributed by atoms with van der Waals surface area (Å²) in [6.07, 6.45) is 3.35. The predicted octanol–water partition coefficient (Wildman–Crippen LogP) is 4.56. The molecule has 0 radical (unpaired) electrons. The normalized spacial score (nSPS) is 11.6. The molecule has 5 aromatic rings. The van der Waals surface area contributed by atoms with Crippen molar-refractivity contribution in [1.82, 2.24) is 24.9 Å². The van der Waals surface area contributed by atoms with Gasteiger partial charge in [-0.1, -0.05) is 53.2 Å². The predicted molar refractivity (Wildman–Crippen MR) is 154 cm³/mol. The second kappa shape index (κ2) is 12.3. The summed E-state index contributed by atoms with van der Waals surface area (Å²) in [5.74, 6) is 0.299. The van der Waals surface area contributed by atoms with Crippen molar-refractivity contribution in [3.63, 3.8) is 0 Å². The minimum atomic E-state index is -0.982. The van der Waals surface area contributed by atoms with E-state index in [1.165, 1.54) is 7.11 Å². The van der Waals surface area contributed by atoms with E-state index in [0.717, 1.165) is 16.6 Å². The number of aromatic nitrogens is 4. The topological polar surface area (TPSA) is 111 Å². The van der Waals surface area contributed by atoms with E-state index in [9.17, 15) is 9.59 Å². The van der Waals surface area contributed by atoms with E-state index in [4.69, 9.17) is 9.47 Å². The second-order valence-corrected chi connectivity index (χ2v) is 9.49. The van der Waals surface area contributed by atoms with E-state index in [-0.39, 0.29) is 19.0 Å². The van der Waals surface area contributed by atoms with Crippen LogP contribution in [-0.4, -0.2) is 50.9 Å². The van der Waals surface area contributed by atoms with E-state index in [0.29, 0.717) is 28.3 Å². The summed E-state index contributed by atoms with van der Waals surface area (Å²) in [5, 5.41) is 11.4. The number of fused-ring (bicyclic) bond motifs is 1. The van der Waals surface area contributed by atoms with E-state index in [2.05, 4.69) is 20.6 Å². The number of amides is 2. The number of carbonyl (C=O) groups is 2. The molecule has 0 aliphatic rings. The maximum Gasteiger partial charge on any atom is 0.251 e. The Kier molecular flexibility index (Phi) is 8.19. The minimum Gasteiger partial charge on any atom is -0.497 e. The molecule has 1 atom stereocenters. The molecule has 10 nitrogen and oxygen atoms in total. The first-order chi connectivity index (χ1) is 20.0. The SMILES string of the molecule is COc1ccc(NC(=O)[C@H](c2ccc(C)cc2)N(Cc2cccnc2)C(=O)Cn2nnc3ccccc32)c(OC)c1. The lowest BCUT2D eigenvalue weighted by atomic mass is 10.0. The third kappa shape index (κ3) is 6.17. The Morgan fingerprint density at radius 1 is 0.976 bits per heavy atom. The first kappa shape index (κ1) is 27.3. The van der Waals surface area contributed by atoms with Crippen LogP contribution in [0.2, 0.25) is 0 Å². The van der Waals surface area contributed by atoms with Gasteiger partial charge < -0.3 is 19.7 Å². The number of hydrogen-bond acceptors (Lipinski definition) is 7. The number of ether oxygens (including phenoxy) is 2. The molecular formula is C31H30N6O4. The Hall–Kier alpha value is -5.25. The fraction of sp³-hybridized carbons (Fsp3) is 0.194. The maximum absolute atomic E-state index is 14.1. The van der Waals surface area contributed by atoms with Crippen LogP contribution in [0.1, 0.15) is 22.7 Å². The fourth-order valence-electron chi connectivity index (χ4n) is 4.59. The van der Waals surface area contributed by atoms with E-state index >= 15 is 0 Å². The van der Waals surface area contributed by atoms with E-state index in [1.54, 1.807) is 53.4 Å². The van der Waals surface area contributed by atoms with Crippen molar-refractivity contribution in [2.24, 2.45) is 0 Å². The van der Waals surface area contributed by atoms with Gasteiger partial charge in [0, 0.05) is 25.0 Å². The number of nitrogens with one attached hydrogen (secondary N) is 1. The van der Waals surface area contributed by atoms with Gasteiger partial charge in [-0.05, 0) is 48.4 Å². The molecule has 0 fully saturated rings. The Morgan fingerprint density at radius 2 is 1.78 bits per heavy atom. The maximum atomic E-state index is 14.1. The first-order valence-electron chi connectivity index (χ1n) is 13.0. The number of benzene rings is 3. The van der Waals surface area contributed by atoms with Crippen LogP contribution in [0.5, 0.6) is 11.5 Å². The number of aryl methyl sites for hydroxylation is 1. The van der Waals surface area contributed by atoms with Crippen molar-refractivity contribution in [3.05, 3.63) is 108 Å². The van der Waals surface area contributed by atoms with Crippen molar-refractivity contribution < 1.29 is 19.1 Å². The van der Waals surface area contributed by atoms with Gasteiger partial charge >= 0.3 is 0 Å². The molecule has 2 amide bonds. The monoisotopic (exact) mass is 550 g/mol. The van der Waals surface area contributed by atoms with Crippen molar-refractivity contribution in [1.29, 1.82) is 0 Å². The minimum absolute atomic E-state index is 0.109. The Morgan fingerprint density at radius 3 is 2.51 bits per heavy atom. The number of carbonyl (C=O) groups excluding carboxylic acids is 2. The summed E-state index contributed by atoms with van der Waals surface area (Å²) < 4.78 is 12.3. The summed E-state index contributed by atoms with van der Waals surface area (Å²) >= 11 is 0. The third-order valence-electron chi connectivity index (χ3n) is 6.72. The lowest BCUT2D eigenvalue weighted by Gasteiger charge is -2.32. The van der Waals surface area contributed by atoms with Crippen LogP contribution in [0.3, 0.4) is 0 Å².